The standard InChI is InChI=1S/C11H13IO2/c1-2-9(12)7-8-5-3-4-6-10(8)11(13)14/h3-6,9H,2,7H2,1H3,(H,13,14). The smallest absolute Gasteiger partial charge is 0.335 e. The van der Waals surface area contributed by atoms with Crippen LogP contribution >= 0.6 is 22.6 Å². The van der Waals surface area contributed by atoms with Crippen LogP contribution in [0, 0.1) is 0 Å². The molecule has 76 valence electrons. The van der Waals surface area contributed by atoms with Crippen molar-refractivity contribution < 1.29 is 9.90 Å². The lowest BCUT2D eigenvalue weighted by molar-refractivity contribution is 0.0695. The van der Waals surface area contributed by atoms with E-state index in [1.165, 1.54) is 0 Å². The summed E-state index contributed by atoms with van der Waals surface area (Å²) in [7, 11) is 0. The van der Waals surface area contributed by atoms with Crippen LogP contribution in [0.3, 0.4) is 0 Å². The Kier molecular flexibility index (Phi) is 4.38. The molecule has 0 radical (unpaired) electrons. The molecule has 0 amide bonds. The van der Waals surface area contributed by atoms with E-state index in [9.17, 15) is 4.79 Å². The Morgan fingerprint density at radius 3 is 2.71 bits per heavy atom. The van der Waals surface area contributed by atoms with Crippen LogP contribution in [0.5, 0.6) is 0 Å². The van der Waals surface area contributed by atoms with Crippen molar-refractivity contribution in [3.8, 4) is 0 Å². The van der Waals surface area contributed by atoms with Crippen LogP contribution in [0.15, 0.2) is 24.3 Å². The van der Waals surface area contributed by atoms with Crippen molar-refractivity contribution in [2.24, 2.45) is 0 Å². The number of carboxylic acid groups (broad SMARTS) is 1. The van der Waals surface area contributed by atoms with Gasteiger partial charge in [-0.15, -0.1) is 0 Å². The Bertz CT molecular complexity index is 323. The van der Waals surface area contributed by atoms with Crippen LogP contribution < -0.4 is 0 Å². The zero-order valence-corrected chi connectivity index (χ0v) is 10.2. The Labute approximate surface area is 97.5 Å². The molecule has 0 spiro atoms. The Morgan fingerprint density at radius 2 is 2.14 bits per heavy atom. The van der Waals surface area contributed by atoms with Gasteiger partial charge in [0.05, 0.1) is 5.56 Å². The van der Waals surface area contributed by atoms with Gasteiger partial charge in [-0.1, -0.05) is 47.7 Å². The zero-order valence-electron chi connectivity index (χ0n) is 8.03. The van der Waals surface area contributed by atoms with Gasteiger partial charge < -0.3 is 5.11 Å². The molecule has 1 N–H and O–H groups in total. The van der Waals surface area contributed by atoms with E-state index in [0.29, 0.717) is 9.49 Å². The minimum atomic E-state index is -0.833. The van der Waals surface area contributed by atoms with Gasteiger partial charge in [0.1, 0.15) is 0 Å². The molecule has 1 unspecified atom stereocenters. The minimum Gasteiger partial charge on any atom is -0.478 e. The van der Waals surface area contributed by atoms with Gasteiger partial charge in [-0.25, -0.2) is 4.79 Å². The van der Waals surface area contributed by atoms with E-state index in [2.05, 4.69) is 29.5 Å². The first-order valence-corrected chi connectivity index (χ1v) is 5.85. The molecule has 0 bridgehead atoms. The first kappa shape index (κ1) is 11.5. The maximum Gasteiger partial charge on any atom is 0.335 e. The Balaban J connectivity index is 2.90. The molecular formula is C11H13IO2. The summed E-state index contributed by atoms with van der Waals surface area (Å²) in [5.41, 5.74) is 1.36. The van der Waals surface area contributed by atoms with Crippen molar-refractivity contribution in [1.82, 2.24) is 0 Å². The molecule has 1 aromatic carbocycles. The van der Waals surface area contributed by atoms with Gasteiger partial charge >= 0.3 is 5.97 Å². The van der Waals surface area contributed by atoms with E-state index in [4.69, 9.17) is 5.11 Å². The predicted octanol–water partition coefficient (Wildman–Crippen LogP) is 3.14. The first-order valence-electron chi connectivity index (χ1n) is 4.60. The number of benzene rings is 1. The highest BCUT2D eigenvalue weighted by atomic mass is 127. The van der Waals surface area contributed by atoms with E-state index in [1.807, 2.05) is 12.1 Å². The topological polar surface area (TPSA) is 37.3 Å². The van der Waals surface area contributed by atoms with E-state index in [0.717, 1.165) is 18.4 Å². The molecule has 3 heteroatoms. The summed E-state index contributed by atoms with van der Waals surface area (Å²) in [6, 6.07) is 7.21. The van der Waals surface area contributed by atoms with Crippen molar-refractivity contribution >= 4 is 28.6 Å². The zero-order chi connectivity index (χ0) is 10.6. The summed E-state index contributed by atoms with van der Waals surface area (Å²) >= 11 is 2.36. The van der Waals surface area contributed by atoms with Gasteiger partial charge in [0.15, 0.2) is 0 Å². The van der Waals surface area contributed by atoms with Gasteiger partial charge in [-0.05, 0) is 24.5 Å². The number of hydrogen-bond acceptors (Lipinski definition) is 1. The van der Waals surface area contributed by atoms with Crippen molar-refractivity contribution in [1.29, 1.82) is 0 Å². The lowest BCUT2D eigenvalue weighted by Gasteiger charge is -2.09. The highest BCUT2D eigenvalue weighted by molar-refractivity contribution is 14.1. The van der Waals surface area contributed by atoms with E-state index in [-0.39, 0.29) is 0 Å². The molecule has 2 nitrogen and oxygen atoms in total. The van der Waals surface area contributed by atoms with Crippen molar-refractivity contribution in [2.75, 3.05) is 0 Å². The Morgan fingerprint density at radius 1 is 1.50 bits per heavy atom. The van der Waals surface area contributed by atoms with Gasteiger partial charge in [-0.3, -0.25) is 0 Å². The molecule has 0 saturated heterocycles. The number of carbonyl (C=O) groups is 1. The van der Waals surface area contributed by atoms with Gasteiger partial charge in [-0.2, -0.15) is 0 Å². The molecule has 0 fully saturated rings. The predicted molar refractivity (Wildman–Crippen MR) is 65.2 cm³/mol. The maximum absolute atomic E-state index is 10.9. The number of aromatic carboxylic acids is 1. The van der Waals surface area contributed by atoms with Crippen LogP contribution in [0.4, 0.5) is 0 Å². The van der Waals surface area contributed by atoms with Crippen molar-refractivity contribution in [3.63, 3.8) is 0 Å². The van der Waals surface area contributed by atoms with Crippen LogP contribution in [0.2, 0.25) is 0 Å². The fourth-order valence-electron chi connectivity index (χ4n) is 1.29. The van der Waals surface area contributed by atoms with E-state index < -0.39 is 5.97 Å². The summed E-state index contributed by atoms with van der Waals surface area (Å²) in [5, 5.41) is 8.95. The number of rotatable bonds is 4. The second-order valence-corrected chi connectivity index (χ2v) is 4.93. The highest BCUT2D eigenvalue weighted by Gasteiger charge is 2.11. The van der Waals surface area contributed by atoms with Crippen molar-refractivity contribution in [2.45, 2.75) is 23.7 Å². The highest BCUT2D eigenvalue weighted by Crippen LogP contribution is 2.17. The SMILES string of the molecule is CCC(I)Cc1ccccc1C(=O)O. The summed E-state index contributed by atoms with van der Waals surface area (Å²) in [5.74, 6) is -0.833. The van der Waals surface area contributed by atoms with E-state index >= 15 is 0 Å². The second-order valence-electron chi connectivity index (χ2n) is 3.17. The molecule has 1 rings (SSSR count). The summed E-state index contributed by atoms with van der Waals surface area (Å²) in [6.45, 7) is 2.11. The number of hydrogen-bond donors (Lipinski definition) is 1. The summed E-state index contributed by atoms with van der Waals surface area (Å²) < 4.78 is 0.507. The molecule has 0 aliphatic rings. The third-order valence-corrected chi connectivity index (χ3v) is 3.45. The number of carboxylic acids is 1. The summed E-state index contributed by atoms with van der Waals surface area (Å²) in [6.07, 6.45) is 1.90. The quantitative estimate of drug-likeness (QED) is 0.685. The number of alkyl halides is 1. The fourth-order valence-corrected chi connectivity index (χ4v) is 1.76. The Hall–Kier alpha value is -0.580. The fraction of sp³-hybridized carbons (Fsp3) is 0.364. The molecule has 0 saturated carbocycles. The summed E-state index contributed by atoms with van der Waals surface area (Å²) in [4.78, 5) is 10.9. The van der Waals surface area contributed by atoms with Gasteiger partial charge in [0, 0.05) is 3.92 Å². The monoisotopic (exact) mass is 304 g/mol. The van der Waals surface area contributed by atoms with Crippen LogP contribution in [-0.2, 0) is 6.42 Å². The minimum absolute atomic E-state index is 0.433. The molecule has 1 aromatic rings. The van der Waals surface area contributed by atoms with Crippen LogP contribution in [0.25, 0.3) is 0 Å². The lowest BCUT2D eigenvalue weighted by atomic mass is 10.0. The second kappa shape index (κ2) is 5.34. The molecule has 14 heavy (non-hydrogen) atoms. The molecule has 0 aromatic heterocycles. The third-order valence-electron chi connectivity index (χ3n) is 2.13. The lowest BCUT2D eigenvalue weighted by Crippen LogP contribution is -2.07. The number of halogens is 1. The largest absolute Gasteiger partial charge is 0.478 e. The van der Waals surface area contributed by atoms with Crippen molar-refractivity contribution in [3.05, 3.63) is 35.4 Å². The van der Waals surface area contributed by atoms with Crippen LogP contribution in [0.1, 0.15) is 29.3 Å². The van der Waals surface area contributed by atoms with E-state index in [1.54, 1.807) is 12.1 Å². The third kappa shape index (κ3) is 2.97. The molecular weight excluding hydrogens is 291 g/mol. The van der Waals surface area contributed by atoms with Gasteiger partial charge in [0.25, 0.3) is 0 Å². The first-order chi connectivity index (χ1) is 6.65. The molecule has 0 aliphatic heterocycles. The van der Waals surface area contributed by atoms with Crippen LogP contribution in [-0.4, -0.2) is 15.0 Å². The van der Waals surface area contributed by atoms with Gasteiger partial charge in [0.2, 0.25) is 0 Å². The average Bonchev–Trinajstić information content (AvgIpc) is 2.18. The molecule has 0 aliphatic carbocycles. The average molecular weight is 304 g/mol. The molecule has 0 heterocycles. The normalized spacial score (nSPS) is 12.4. The molecule has 1 atom stereocenters. The maximum atomic E-state index is 10.9.